The summed E-state index contributed by atoms with van der Waals surface area (Å²) in [5.74, 6) is -1.11. The first kappa shape index (κ1) is 15.5. The molecule has 1 rings (SSSR count). The van der Waals surface area contributed by atoms with Gasteiger partial charge >= 0.3 is 12.1 Å². The van der Waals surface area contributed by atoms with Gasteiger partial charge in [0.1, 0.15) is 11.5 Å². The summed E-state index contributed by atoms with van der Waals surface area (Å²) >= 11 is 0. The number of carbonyl (C=O) groups is 2. The number of rotatable bonds is 2. The number of ether oxygens (including phenoxy) is 2. The second kappa shape index (κ2) is 6.04. The van der Waals surface area contributed by atoms with Gasteiger partial charge in [0.15, 0.2) is 0 Å². The molecular weight excluding hydrogens is 248 g/mol. The second-order valence-corrected chi connectivity index (χ2v) is 5.51. The van der Waals surface area contributed by atoms with E-state index in [1.54, 1.807) is 27.7 Å². The SMILES string of the molecule is CCOC(=O)C1CN(C(=O)OC(C)(C)C)CCC1=N. The molecular formula is C13H22N2O4. The van der Waals surface area contributed by atoms with E-state index in [9.17, 15) is 9.59 Å². The molecule has 0 saturated carbocycles. The van der Waals surface area contributed by atoms with Crippen molar-refractivity contribution in [3.05, 3.63) is 0 Å². The lowest BCUT2D eigenvalue weighted by Gasteiger charge is -2.33. The van der Waals surface area contributed by atoms with Gasteiger partial charge in [-0.25, -0.2) is 4.79 Å². The highest BCUT2D eigenvalue weighted by atomic mass is 16.6. The average molecular weight is 270 g/mol. The van der Waals surface area contributed by atoms with Crippen molar-refractivity contribution in [2.24, 2.45) is 5.92 Å². The van der Waals surface area contributed by atoms with Crippen LogP contribution in [0.3, 0.4) is 0 Å². The summed E-state index contributed by atoms with van der Waals surface area (Å²) in [6, 6.07) is 0. The molecule has 1 saturated heterocycles. The molecule has 108 valence electrons. The first-order valence-electron chi connectivity index (χ1n) is 6.46. The van der Waals surface area contributed by atoms with E-state index in [0.717, 1.165) is 0 Å². The van der Waals surface area contributed by atoms with Gasteiger partial charge in [-0.1, -0.05) is 0 Å². The zero-order valence-corrected chi connectivity index (χ0v) is 12.0. The molecule has 0 aliphatic carbocycles. The Hall–Kier alpha value is -1.59. The van der Waals surface area contributed by atoms with Crippen molar-refractivity contribution in [2.75, 3.05) is 19.7 Å². The maximum absolute atomic E-state index is 11.9. The summed E-state index contributed by atoms with van der Waals surface area (Å²) in [7, 11) is 0. The lowest BCUT2D eigenvalue weighted by atomic mass is 9.96. The van der Waals surface area contributed by atoms with Gasteiger partial charge in [0, 0.05) is 25.2 Å². The van der Waals surface area contributed by atoms with Crippen LogP contribution in [0.4, 0.5) is 4.79 Å². The van der Waals surface area contributed by atoms with Crippen molar-refractivity contribution < 1.29 is 19.1 Å². The average Bonchev–Trinajstić information content (AvgIpc) is 2.27. The summed E-state index contributed by atoms with van der Waals surface area (Å²) in [4.78, 5) is 25.1. The number of esters is 1. The minimum absolute atomic E-state index is 0.159. The van der Waals surface area contributed by atoms with Gasteiger partial charge < -0.3 is 19.8 Å². The highest BCUT2D eigenvalue weighted by Crippen LogP contribution is 2.18. The van der Waals surface area contributed by atoms with Gasteiger partial charge in [-0.15, -0.1) is 0 Å². The zero-order chi connectivity index (χ0) is 14.6. The number of hydrogen-bond acceptors (Lipinski definition) is 5. The number of likely N-dealkylation sites (tertiary alicyclic amines) is 1. The second-order valence-electron chi connectivity index (χ2n) is 5.51. The number of piperidine rings is 1. The summed E-state index contributed by atoms with van der Waals surface area (Å²) in [6.07, 6.45) is -0.0720. The topological polar surface area (TPSA) is 79.7 Å². The Bertz CT molecular complexity index is 373. The van der Waals surface area contributed by atoms with Crippen molar-refractivity contribution in [3.63, 3.8) is 0 Å². The Morgan fingerprint density at radius 1 is 1.42 bits per heavy atom. The molecule has 0 bridgehead atoms. The molecule has 1 fully saturated rings. The lowest BCUT2D eigenvalue weighted by Crippen LogP contribution is -2.48. The fraction of sp³-hybridized carbons (Fsp3) is 0.769. The highest BCUT2D eigenvalue weighted by Gasteiger charge is 2.35. The van der Waals surface area contributed by atoms with Crippen LogP contribution in [0.5, 0.6) is 0 Å². The lowest BCUT2D eigenvalue weighted by molar-refractivity contribution is -0.146. The summed E-state index contributed by atoms with van der Waals surface area (Å²) in [6.45, 7) is 7.93. The molecule has 1 aliphatic heterocycles. The van der Waals surface area contributed by atoms with E-state index >= 15 is 0 Å². The number of nitrogens with one attached hydrogen (secondary N) is 1. The fourth-order valence-corrected chi connectivity index (χ4v) is 1.80. The molecule has 1 aliphatic rings. The number of nitrogens with zero attached hydrogens (tertiary/aromatic N) is 1. The predicted octanol–water partition coefficient (Wildman–Crippen LogP) is 1.83. The number of carbonyl (C=O) groups excluding carboxylic acids is 2. The Labute approximate surface area is 113 Å². The van der Waals surface area contributed by atoms with E-state index in [-0.39, 0.29) is 13.2 Å². The molecule has 1 atom stereocenters. The Balaban J connectivity index is 2.66. The minimum atomic E-state index is -0.666. The van der Waals surface area contributed by atoms with Crippen LogP contribution in [-0.2, 0) is 14.3 Å². The summed E-state index contributed by atoms with van der Waals surface area (Å²) in [5.41, 5.74) is -0.250. The van der Waals surface area contributed by atoms with Crippen molar-refractivity contribution in [1.29, 1.82) is 5.41 Å². The third kappa shape index (κ3) is 4.54. The standard InChI is InChI=1S/C13H22N2O4/c1-5-18-11(16)9-8-15(7-6-10(9)14)12(17)19-13(2,3)4/h9,14H,5-8H2,1-4H3. The molecule has 1 N–H and O–H groups in total. The Morgan fingerprint density at radius 2 is 2.05 bits per heavy atom. The van der Waals surface area contributed by atoms with E-state index < -0.39 is 23.6 Å². The van der Waals surface area contributed by atoms with Gasteiger partial charge in [0.05, 0.1) is 6.61 Å². The van der Waals surface area contributed by atoms with E-state index in [1.165, 1.54) is 4.90 Å². The smallest absolute Gasteiger partial charge is 0.410 e. The molecule has 0 aromatic rings. The van der Waals surface area contributed by atoms with Crippen LogP contribution in [0.1, 0.15) is 34.1 Å². The molecule has 0 spiro atoms. The third-order valence-electron chi connectivity index (χ3n) is 2.70. The van der Waals surface area contributed by atoms with Crippen LogP contribution < -0.4 is 0 Å². The van der Waals surface area contributed by atoms with Gasteiger partial charge in [-0.3, -0.25) is 4.79 Å². The summed E-state index contributed by atoms with van der Waals surface area (Å²) in [5, 5.41) is 7.79. The summed E-state index contributed by atoms with van der Waals surface area (Å²) < 4.78 is 10.2. The molecule has 1 amide bonds. The van der Waals surface area contributed by atoms with Gasteiger partial charge in [-0.2, -0.15) is 0 Å². The van der Waals surface area contributed by atoms with Crippen molar-refractivity contribution >= 4 is 17.8 Å². The van der Waals surface area contributed by atoms with Crippen LogP contribution in [0.25, 0.3) is 0 Å². The first-order chi connectivity index (χ1) is 8.74. The van der Waals surface area contributed by atoms with Crippen molar-refractivity contribution in [2.45, 2.75) is 39.7 Å². The first-order valence-corrected chi connectivity index (χ1v) is 6.46. The van der Waals surface area contributed by atoms with Crippen molar-refractivity contribution in [3.8, 4) is 0 Å². The van der Waals surface area contributed by atoms with E-state index in [0.29, 0.717) is 18.7 Å². The van der Waals surface area contributed by atoms with Crippen LogP contribution in [0.15, 0.2) is 0 Å². The normalized spacial score (nSPS) is 20.1. The Kier molecular flexibility index (Phi) is 4.91. The van der Waals surface area contributed by atoms with E-state index in [1.807, 2.05) is 0 Å². The van der Waals surface area contributed by atoms with Crippen LogP contribution in [0, 0.1) is 11.3 Å². The van der Waals surface area contributed by atoms with E-state index in [2.05, 4.69) is 0 Å². The van der Waals surface area contributed by atoms with Gasteiger partial charge in [0.2, 0.25) is 0 Å². The monoisotopic (exact) mass is 270 g/mol. The van der Waals surface area contributed by atoms with Gasteiger partial charge in [0.25, 0.3) is 0 Å². The predicted molar refractivity (Wildman–Crippen MR) is 70.3 cm³/mol. The molecule has 6 heteroatoms. The molecule has 1 heterocycles. The van der Waals surface area contributed by atoms with Crippen LogP contribution in [0.2, 0.25) is 0 Å². The molecule has 0 radical (unpaired) electrons. The maximum atomic E-state index is 11.9. The molecule has 19 heavy (non-hydrogen) atoms. The highest BCUT2D eigenvalue weighted by molar-refractivity contribution is 6.02. The Morgan fingerprint density at radius 3 is 2.58 bits per heavy atom. The van der Waals surface area contributed by atoms with Gasteiger partial charge in [-0.05, 0) is 27.7 Å². The van der Waals surface area contributed by atoms with Crippen LogP contribution >= 0.6 is 0 Å². The largest absolute Gasteiger partial charge is 0.465 e. The molecule has 1 unspecified atom stereocenters. The number of hydrogen-bond donors (Lipinski definition) is 1. The third-order valence-corrected chi connectivity index (χ3v) is 2.70. The fourth-order valence-electron chi connectivity index (χ4n) is 1.80. The van der Waals surface area contributed by atoms with E-state index in [4.69, 9.17) is 14.9 Å². The minimum Gasteiger partial charge on any atom is -0.465 e. The maximum Gasteiger partial charge on any atom is 0.410 e. The molecule has 0 aromatic heterocycles. The zero-order valence-electron chi connectivity index (χ0n) is 12.0. The molecule has 0 aromatic carbocycles. The van der Waals surface area contributed by atoms with Crippen molar-refractivity contribution in [1.82, 2.24) is 4.90 Å². The quantitative estimate of drug-likeness (QED) is 0.776. The van der Waals surface area contributed by atoms with Crippen LogP contribution in [-0.4, -0.2) is 48.0 Å². The molecule has 6 nitrogen and oxygen atoms in total. The number of amides is 1.